The molecule has 0 saturated carbocycles. The van der Waals surface area contributed by atoms with Gasteiger partial charge in [-0.25, -0.2) is 0 Å². The summed E-state index contributed by atoms with van der Waals surface area (Å²) in [6, 6.07) is 5.70. The second kappa shape index (κ2) is 5.41. The zero-order chi connectivity index (χ0) is 13.3. The number of carbonyl (C=O) groups excluding carboxylic acids is 1. The largest absolute Gasteiger partial charge is 0.391 e. The summed E-state index contributed by atoms with van der Waals surface area (Å²) in [5, 5.41) is 9.85. The maximum atomic E-state index is 12.4. The van der Waals surface area contributed by atoms with Gasteiger partial charge in [-0.3, -0.25) is 4.79 Å². The van der Waals surface area contributed by atoms with Gasteiger partial charge in [0, 0.05) is 23.1 Å². The molecule has 0 radical (unpaired) electrons. The van der Waals surface area contributed by atoms with Gasteiger partial charge in [0.2, 0.25) is 0 Å². The van der Waals surface area contributed by atoms with Crippen molar-refractivity contribution < 1.29 is 9.90 Å². The molecule has 0 spiro atoms. The number of nitrogens with zero attached hydrogens (tertiary/aromatic N) is 1. The zero-order valence-electron chi connectivity index (χ0n) is 10.7. The molecule has 2 rings (SSSR count). The Hall–Kier alpha value is -0.870. The van der Waals surface area contributed by atoms with Crippen molar-refractivity contribution in [2.24, 2.45) is 5.92 Å². The zero-order valence-corrected chi connectivity index (χ0v) is 12.3. The van der Waals surface area contributed by atoms with Crippen molar-refractivity contribution in [3.63, 3.8) is 0 Å². The summed E-state index contributed by atoms with van der Waals surface area (Å²) in [7, 11) is 0. The van der Waals surface area contributed by atoms with Gasteiger partial charge in [0.05, 0.1) is 6.10 Å². The molecule has 1 fully saturated rings. The van der Waals surface area contributed by atoms with Crippen LogP contribution in [0.3, 0.4) is 0 Å². The summed E-state index contributed by atoms with van der Waals surface area (Å²) in [5.41, 5.74) is 1.74. The minimum atomic E-state index is -0.407. The van der Waals surface area contributed by atoms with E-state index in [9.17, 15) is 9.90 Å². The lowest BCUT2D eigenvalue weighted by atomic mass is 9.95. The van der Waals surface area contributed by atoms with Crippen LogP contribution in [-0.4, -0.2) is 35.1 Å². The Balaban J connectivity index is 2.16. The van der Waals surface area contributed by atoms with Crippen LogP contribution in [0.4, 0.5) is 0 Å². The summed E-state index contributed by atoms with van der Waals surface area (Å²) < 4.78 is 0.914. The number of carbonyl (C=O) groups is 1. The third kappa shape index (κ3) is 2.93. The molecule has 1 saturated heterocycles. The fraction of sp³-hybridized carbons (Fsp3) is 0.500. The fourth-order valence-corrected chi connectivity index (χ4v) is 2.88. The Bertz CT molecular complexity index is 441. The minimum Gasteiger partial charge on any atom is -0.391 e. The summed E-state index contributed by atoms with van der Waals surface area (Å²) in [6.07, 6.45) is 0.454. The van der Waals surface area contributed by atoms with Gasteiger partial charge in [0.25, 0.3) is 5.91 Å². The minimum absolute atomic E-state index is 0.00495. The summed E-state index contributed by atoms with van der Waals surface area (Å²) in [6.45, 7) is 5.15. The van der Waals surface area contributed by atoms with Crippen molar-refractivity contribution in [1.82, 2.24) is 4.90 Å². The van der Waals surface area contributed by atoms with Crippen LogP contribution in [0.5, 0.6) is 0 Å². The first-order valence-electron chi connectivity index (χ1n) is 6.22. The monoisotopic (exact) mass is 311 g/mol. The Morgan fingerprint density at radius 3 is 2.78 bits per heavy atom. The number of aliphatic hydroxyl groups excluding tert-OH is 1. The fourth-order valence-electron chi connectivity index (χ4n) is 2.28. The van der Waals surface area contributed by atoms with E-state index in [1.54, 1.807) is 4.90 Å². The first kappa shape index (κ1) is 13.6. The predicted molar refractivity (Wildman–Crippen MR) is 74.6 cm³/mol. The van der Waals surface area contributed by atoms with Gasteiger partial charge in [-0.05, 0) is 43.0 Å². The maximum absolute atomic E-state index is 12.4. The van der Waals surface area contributed by atoms with E-state index in [1.807, 2.05) is 32.0 Å². The van der Waals surface area contributed by atoms with Gasteiger partial charge in [-0.15, -0.1) is 0 Å². The predicted octanol–water partition coefficient (Wildman–Crippen LogP) is 2.60. The lowest BCUT2D eigenvalue weighted by molar-refractivity contribution is 0.0248. The first-order valence-corrected chi connectivity index (χ1v) is 7.01. The van der Waals surface area contributed by atoms with Crippen LogP contribution in [-0.2, 0) is 0 Å². The molecule has 98 valence electrons. The quantitative estimate of drug-likeness (QED) is 0.866. The first-order chi connectivity index (χ1) is 8.47. The van der Waals surface area contributed by atoms with Crippen molar-refractivity contribution in [3.8, 4) is 0 Å². The number of aryl methyl sites for hydroxylation is 1. The SMILES string of the molecule is Cc1cc(Br)cc(C(=O)N2CC[C@H](C)[C@H](O)C2)c1. The van der Waals surface area contributed by atoms with Crippen LogP contribution in [0.1, 0.15) is 29.3 Å². The van der Waals surface area contributed by atoms with Crippen molar-refractivity contribution in [2.45, 2.75) is 26.4 Å². The van der Waals surface area contributed by atoms with Crippen LogP contribution in [0, 0.1) is 12.8 Å². The topological polar surface area (TPSA) is 40.5 Å². The Morgan fingerprint density at radius 1 is 1.44 bits per heavy atom. The molecule has 1 aromatic carbocycles. The Kier molecular flexibility index (Phi) is 4.07. The Morgan fingerprint density at radius 2 is 2.17 bits per heavy atom. The molecule has 1 aromatic rings. The van der Waals surface area contributed by atoms with E-state index in [1.165, 1.54) is 0 Å². The van der Waals surface area contributed by atoms with Crippen molar-refractivity contribution in [2.75, 3.05) is 13.1 Å². The number of aliphatic hydroxyl groups is 1. The highest BCUT2D eigenvalue weighted by Crippen LogP contribution is 2.21. The van der Waals surface area contributed by atoms with E-state index in [0.717, 1.165) is 23.0 Å². The highest BCUT2D eigenvalue weighted by Gasteiger charge is 2.27. The second-order valence-electron chi connectivity index (χ2n) is 5.10. The molecule has 0 bridgehead atoms. The van der Waals surface area contributed by atoms with Gasteiger partial charge in [0.1, 0.15) is 0 Å². The average Bonchev–Trinajstić information content (AvgIpc) is 2.30. The molecular weight excluding hydrogens is 294 g/mol. The maximum Gasteiger partial charge on any atom is 0.253 e. The molecule has 18 heavy (non-hydrogen) atoms. The summed E-state index contributed by atoms with van der Waals surface area (Å²) >= 11 is 3.41. The normalized spacial score (nSPS) is 24.1. The van der Waals surface area contributed by atoms with Crippen LogP contribution in [0.25, 0.3) is 0 Å². The van der Waals surface area contributed by atoms with Crippen LogP contribution in [0.15, 0.2) is 22.7 Å². The number of piperidine rings is 1. The Labute approximate surface area is 116 Å². The summed E-state index contributed by atoms with van der Waals surface area (Å²) in [5.74, 6) is 0.281. The number of rotatable bonds is 1. The van der Waals surface area contributed by atoms with Crippen molar-refractivity contribution >= 4 is 21.8 Å². The number of hydrogen-bond acceptors (Lipinski definition) is 2. The van der Waals surface area contributed by atoms with Gasteiger partial charge in [0.15, 0.2) is 0 Å². The van der Waals surface area contributed by atoms with E-state index in [0.29, 0.717) is 12.1 Å². The van der Waals surface area contributed by atoms with E-state index in [4.69, 9.17) is 0 Å². The average molecular weight is 312 g/mol. The molecule has 0 aromatic heterocycles. The smallest absolute Gasteiger partial charge is 0.253 e. The number of halogens is 1. The van der Waals surface area contributed by atoms with Gasteiger partial charge < -0.3 is 10.0 Å². The molecule has 2 atom stereocenters. The molecule has 0 unspecified atom stereocenters. The molecule has 1 amide bonds. The van der Waals surface area contributed by atoms with Gasteiger partial charge >= 0.3 is 0 Å². The molecule has 4 heteroatoms. The number of benzene rings is 1. The molecule has 3 nitrogen and oxygen atoms in total. The number of β-amino-alcohol motifs (C(OH)–C–C–N with tert-alkyl or cyclic N) is 1. The summed E-state index contributed by atoms with van der Waals surface area (Å²) in [4.78, 5) is 14.1. The second-order valence-corrected chi connectivity index (χ2v) is 6.02. The van der Waals surface area contributed by atoms with E-state index in [-0.39, 0.29) is 11.8 Å². The third-order valence-electron chi connectivity index (χ3n) is 3.49. The molecule has 1 aliphatic heterocycles. The molecule has 1 heterocycles. The van der Waals surface area contributed by atoms with Crippen LogP contribution >= 0.6 is 15.9 Å². The highest BCUT2D eigenvalue weighted by molar-refractivity contribution is 9.10. The van der Waals surface area contributed by atoms with E-state index >= 15 is 0 Å². The van der Waals surface area contributed by atoms with Crippen molar-refractivity contribution in [1.29, 1.82) is 0 Å². The molecular formula is C14H18BrNO2. The number of likely N-dealkylation sites (tertiary alicyclic amines) is 1. The van der Waals surface area contributed by atoms with Crippen LogP contribution in [0.2, 0.25) is 0 Å². The molecule has 1 N–H and O–H groups in total. The van der Waals surface area contributed by atoms with Gasteiger partial charge in [-0.2, -0.15) is 0 Å². The lowest BCUT2D eigenvalue weighted by Crippen LogP contribution is -2.45. The number of hydrogen-bond donors (Lipinski definition) is 1. The standard InChI is InChI=1S/C14H18BrNO2/c1-9-5-11(7-12(15)6-9)14(18)16-4-3-10(2)13(17)8-16/h5-7,10,13,17H,3-4,8H2,1-2H3/t10-,13+/m0/s1. The molecule has 1 aliphatic rings. The highest BCUT2D eigenvalue weighted by atomic mass is 79.9. The van der Waals surface area contributed by atoms with E-state index in [2.05, 4.69) is 15.9 Å². The van der Waals surface area contributed by atoms with Gasteiger partial charge in [-0.1, -0.05) is 22.9 Å². The van der Waals surface area contributed by atoms with Crippen LogP contribution < -0.4 is 0 Å². The molecule has 0 aliphatic carbocycles. The third-order valence-corrected chi connectivity index (χ3v) is 3.95. The lowest BCUT2D eigenvalue weighted by Gasteiger charge is -2.34. The van der Waals surface area contributed by atoms with Crippen molar-refractivity contribution in [3.05, 3.63) is 33.8 Å². The van der Waals surface area contributed by atoms with E-state index < -0.39 is 6.10 Å². The number of amides is 1.